The fourth-order valence-electron chi connectivity index (χ4n) is 5.03. The van der Waals surface area contributed by atoms with Crippen LogP contribution in [0.5, 0.6) is 5.75 Å². The predicted molar refractivity (Wildman–Crippen MR) is 101 cm³/mol. The fraction of sp³-hybridized carbons (Fsp3) is 0.571. The minimum Gasteiger partial charge on any atom is -0.496 e. The average Bonchev–Trinajstić information content (AvgIpc) is 3.06. The third-order valence-corrected chi connectivity index (χ3v) is 6.41. The van der Waals surface area contributed by atoms with Crippen LogP contribution in [0.2, 0.25) is 0 Å². The molecular formula is C21H28N2O3. The maximum absolute atomic E-state index is 11.9. The van der Waals surface area contributed by atoms with Gasteiger partial charge >= 0.3 is 5.97 Å². The number of hydrogen-bond acceptors (Lipinski definition) is 4. The smallest absolute Gasteiger partial charge is 0.305 e. The zero-order valence-corrected chi connectivity index (χ0v) is 15.9. The van der Waals surface area contributed by atoms with Gasteiger partial charge in [-0.05, 0) is 42.4 Å². The second-order valence-corrected chi connectivity index (χ2v) is 7.61. The highest BCUT2D eigenvalue weighted by Gasteiger charge is 2.40. The van der Waals surface area contributed by atoms with Crippen LogP contribution in [0, 0.1) is 11.8 Å². The number of carbonyl (C=O) groups excluding carboxylic acids is 1. The van der Waals surface area contributed by atoms with Crippen LogP contribution in [-0.4, -0.2) is 43.2 Å². The Labute approximate surface area is 154 Å². The van der Waals surface area contributed by atoms with Gasteiger partial charge in [-0.3, -0.25) is 9.69 Å². The molecule has 5 heteroatoms. The number of nitrogens with zero attached hydrogens (tertiary/aromatic N) is 1. The monoisotopic (exact) mass is 356 g/mol. The van der Waals surface area contributed by atoms with Crippen molar-refractivity contribution in [2.75, 3.05) is 27.3 Å². The summed E-state index contributed by atoms with van der Waals surface area (Å²) in [6.45, 7) is 4.37. The first-order chi connectivity index (χ1) is 12.7. The van der Waals surface area contributed by atoms with Gasteiger partial charge in [0, 0.05) is 36.1 Å². The molecule has 140 valence electrons. The molecule has 0 saturated carbocycles. The van der Waals surface area contributed by atoms with E-state index in [9.17, 15) is 4.79 Å². The minimum atomic E-state index is -0.0868. The van der Waals surface area contributed by atoms with Crippen molar-refractivity contribution in [3.8, 4) is 5.75 Å². The summed E-state index contributed by atoms with van der Waals surface area (Å²) in [6, 6.07) is 6.56. The number of carbonyl (C=O) groups is 1. The summed E-state index contributed by atoms with van der Waals surface area (Å²) in [5.41, 5.74) is 3.86. The SMILES string of the molecule is CC[C@@H]1CN2CCc3c([nH]c4cccc(OC)c34)[C@@H]2C[C@@H]1CC(=O)OC. The molecule has 3 heterocycles. The molecule has 2 aliphatic heterocycles. The van der Waals surface area contributed by atoms with Crippen molar-refractivity contribution >= 4 is 16.9 Å². The summed E-state index contributed by atoms with van der Waals surface area (Å²) >= 11 is 0. The zero-order valence-electron chi connectivity index (χ0n) is 15.9. The largest absolute Gasteiger partial charge is 0.496 e. The van der Waals surface area contributed by atoms with Gasteiger partial charge in [0.25, 0.3) is 0 Å². The van der Waals surface area contributed by atoms with Crippen LogP contribution >= 0.6 is 0 Å². The van der Waals surface area contributed by atoms with Crippen molar-refractivity contribution in [3.05, 3.63) is 29.5 Å². The molecule has 0 radical (unpaired) electrons. The maximum Gasteiger partial charge on any atom is 0.305 e. The van der Waals surface area contributed by atoms with Crippen molar-refractivity contribution in [1.29, 1.82) is 0 Å². The maximum atomic E-state index is 11.9. The lowest BCUT2D eigenvalue weighted by atomic mass is 9.76. The lowest BCUT2D eigenvalue weighted by molar-refractivity contribution is -0.143. The number of rotatable bonds is 4. The summed E-state index contributed by atoms with van der Waals surface area (Å²) in [5, 5.41) is 1.23. The summed E-state index contributed by atoms with van der Waals surface area (Å²) in [5.74, 6) is 1.80. The van der Waals surface area contributed by atoms with Gasteiger partial charge in [-0.15, -0.1) is 0 Å². The highest BCUT2D eigenvalue weighted by molar-refractivity contribution is 5.91. The van der Waals surface area contributed by atoms with E-state index in [-0.39, 0.29) is 5.97 Å². The average molecular weight is 356 g/mol. The number of ether oxygens (including phenoxy) is 2. The Balaban J connectivity index is 1.71. The van der Waals surface area contributed by atoms with Crippen molar-refractivity contribution in [2.45, 2.75) is 38.6 Å². The third kappa shape index (κ3) is 2.78. The van der Waals surface area contributed by atoms with Gasteiger partial charge in [0.05, 0.1) is 20.3 Å². The van der Waals surface area contributed by atoms with Crippen LogP contribution in [0.15, 0.2) is 18.2 Å². The molecule has 5 nitrogen and oxygen atoms in total. The number of fused-ring (bicyclic) bond motifs is 5. The van der Waals surface area contributed by atoms with Crippen LogP contribution < -0.4 is 4.74 Å². The first kappa shape index (κ1) is 17.4. The number of methoxy groups -OCH3 is 2. The highest BCUT2D eigenvalue weighted by atomic mass is 16.5. The predicted octanol–water partition coefficient (Wildman–Crippen LogP) is 3.68. The third-order valence-electron chi connectivity index (χ3n) is 6.41. The molecule has 0 amide bonds. The molecule has 0 aliphatic carbocycles. The normalized spacial score (nSPS) is 25.6. The van der Waals surface area contributed by atoms with Gasteiger partial charge in [0.2, 0.25) is 0 Å². The molecule has 0 unspecified atom stereocenters. The van der Waals surface area contributed by atoms with Gasteiger partial charge in [-0.2, -0.15) is 0 Å². The van der Waals surface area contributed by atoms with Crippen LogP contribution in [0.25, 0.3) is 10.9 Å². The molecule has 0 spiro atoms. The summed E-state index contributed by atoms with van der Waals surface area (Å²) < 4.78 is 10.6. The lowest BCUT2D eigenvalue weighted by Crippen LogP contribution is -2.46. The zero-order chi connectivity index (χ0) is 18.3. The van der Waals surface area contributed by atoms with Crippen LogP contribution in [0.1, 0.15) is 43.5 Å². The topological polar surface area (TPSA) is 54.6 Å². The quantitative estimate of drug-likeness (QED) is 0.849. The Hall–Kier alpha value is -2.01. The van der Waals surface area contributed by atoms with E-state index in [1.54, 1.807) is 7.11 Å². The van der Waals surface area contributed by atoms with E-state index in [2.05, 4.69) is 22.9 Å². The lowest BCUT2D eigenvalue weighted by Gasteiger charge is -2.46. The number of piperidine rings is 1. The standard InChI is InChI=1S/C21H28N2O3/c1-4-13-12-23-9-8-15-20-16(6-5-7-18(20)25-2)22-21(15)17(23)10-14(13)11-19(24)26-3/h5-7,13-14,17,22H,4,8-12H2,1-3H3/t13-,14-,17+/m1/s1. The summed E-state index contributed by atoms with van der Waals surface area (Å²) in [6.07, 6.45) is 3.69. The van der Waals surface area contributed by atoms with Crippen molar-refractivity contribution in [1.82, 2.24) is 9.88 Å². The van der Waals surface area contributed by atoms with Crippen LogP contribution in [0.4, 0.5) is 0 Å². The number of nitrogens with one attached hydrogen (secondary N) is 1. The van der Waals surface area contributed by atoms with Crippen molar-refractivity contribution in [3.63, 3.8) is 0 Å². The van der Waals surface area contributed by atoms with E-state index in [4.69, 9.17) is 9.47 Å². The highest BCUT2D eigenvalue weighted by Crippen LogP contribution is 2.45. The Morgan fingerprint density at radius 1 is 1.31 bits per heavy atom. The van der Waals surface area contributed by atoms with Crippen molar-refractivity contribution < 1.29 is 14.3 Å². The number of aromatic amines is 1. The Morgan fingerprint density at radius 3 is 2.88 bits per heavy atom. The van der Waals surface area contributed by atoms with E-state index in [1.807, 2.05) is 12.1 Å². The fourth-order valence-corrected chi connectivity index (χ4v) is 5.03. The molecule has 2 aromatic rings. The Morgan fingerprint density at radius 2 is 2.15 bits per heavy atom. The Kier molecular flexibility index (Phi) is 4.65. The molecule has 1 N–H and O–H groups in total. The molecule has 1 fully saturated rings. The molecule has 4 rings (SSSR count). The van der Waals surface area contributed by atoms with Gasteiger partial charge in [-0.25, -0.2) is 0 Å². The van der Waals surface area contributed by atoms with Crippen molar-refractivity contribution in [2.24, 2.45) is 11.8 Å². The molecule has 3 atom stereocenters. The molecule has 0 bridgehead atoms. The van der Waals surface area contributed by atoms with E-state index >= 15 is 0 Å². The number of H-pyrrole nitrogens is 1. The van der Waals surface area contributed by atoms with Gasteiger partial charge in [0.15, 0.2) is 0 Å². The van der Waals surface area contributed by atoms with E-state index in [0.717, 1.165) is 43.6 Å². The molecule has 2 aliphatic rings. The van der Waals surface area contributed by atoms with E-state index in [1.165, 1.54) is 23.8 Å². The molecular weight excluding hydrogens is 328 g/mol. The Bertz CT molecular complexity index is 813. The van der Waals surface area contributed by atoms with Gasteiger partial charge in [-0.1, -0.05) is 19.4 Å². The number of benzene rings is 1. The van der Waals surface area contributed by atoms with Gasteiger partial charge in [0.1, 0.15) is 5.75 Å². The van der Waals surface area contributed by atoms with Gasteiger partial charge < -0.3 is 14.5 Å². The summed E-state index contributed by atoms with van der Waals surface area (Å²) in [7, 11) is 3.23. The first-order valence-corrected chi connectivity index (χ1v) is 9.64. The molecule has 1 aromatic heterocycles. The van der Waals surface area contributed by atoms with Crippen LogP contribution in [-0.2, 0) is 16.0 Å². The molecule has 1 aromatic carbocycles. The second-order valence-electron chi connectivity index (χ2n) is 7.61. The first-order valence-electron chi connectivity index (χ1n) is 9.64. The number of aromatic nitrogens is 1. The minimum absolute atomic E-state index is 0.0868. The van der Waals surface area contributed by atoms with E-state index < -0.39 is 0 Å². The summed E-state index contributed by atoms with van der Waals surface area (Å²) in [4.78, 5) is 18.2. The molecule has 26 heavy (non-hydrogen) atoms. The number of hydrogen-bond donors (Lipinski definition) is 1. The van der Waals surface area contributed by atoms with Crippen LogP contribution in [0.3, 0.4) is 0 Å². The number of esters is 1. The molecule has 1 saturated heterocycles. The second kappa shape index (κ2) is 6.95. The van der Waals surface area contributed by atoms with E-state index in [0.29, 0.717) is 24.3 Å².